The van der Waals surface area contributed by atoms with E-state index >= 15 is 0 Å². The summed E-state index contributed by atoms with van der Waals surface area (Å²) >= 11 is 0. The Kier molecular flexibility index (Phi) is 2.59. The molecule has 5 heteroatoms. The fourth-order valence-electron chi connectivity index (χ4n) is 2.59. The maximum Gasteiger partial charge on any atom is 0.314 e. The molecule has 2 rings (SSSR count). The van der Waals surface area contributed by atoms with E-state index in [0.29, 0.717) is 12.0 Å². The molecule has 18 heavy (non-hydrogen) atoms. The van der Waals surface area contributed by atoms with Gasteiger partial charge in [-0.05, 0) is 29.5 Å². The van der Waals surface area contributed by atoms with Crippen molar-refractivity contribution >= 4 is 15.8 Å². The van der Waals surface area contributed by atoms with Crippen molar-refractivity contribution in [1.29, 1.82) is 0 Å². The smallest absolute Gasteiger partial charge is 0.314 e. The Balaban J connectivity index is 2.46. The summed E-state index contributed by atoms with van der Waals surface area (Å²) in [5, 5.41) is 9.40. The SMILES string of the molecule is CC1(C)CC1(C(=O)O)c1ccc(S(C)(=O)=O)cc1. The minimum absolute atomic E-state index is 0.213. The van der Waals surface area contributed by atoms with Crippen LogP contribution >= 0.6 is 0 Å². The van der Waals surface area contributed by atoms with Crippen LogP contribution in [0, 0.1) is 5.41 Å². The monoisotopic (exact) mass is 268 g/mol. The largest absolute Gasteiger partial charge is 0.481 e. The molecule has 1 aromatic rings. The van der Waals surface area contributed by atoms with E-state index < -0.39 is 21.2 Å². The van der Waals surface area contributed by atoms with E-state index in [9.17, 15) is 18.3 Å². The third kappa shape index (κ3) is 1.73. The van der Waals surface area contributed by atoms with Gasteiger partial charge in [-0.3, -0.25) is 4.79 Å². The Bertz CT molecular complexity index is 598. The quantitative estimate of drug-likeness (QED) is 0.908. The first-order chi connectivity index (χ1) is 8.11. The topological polar surface area (TPSA) is 71.4 Å². The molecular weight excluding hydrogens is 252 g/mol. The average molecular weight is 268 g/mol. The minimum Gasteiger partial charge on any atom is -0.481 e. The van der Waals surface area contributed by atoms with E-state index in [2.05, 4.69) is 0 Å². The van der Waals surface area contributed by atoms with Gasteiger partial charge >= 0.3 is 5.97 Å². The van der Waals surface area contributed by atoms with Crippen LogP contribution in [0.15, 0.2) is 29.2 Å². The summed E-state index contributed by atoms with van der Waals surface area (Å²) in [6, 6.07) is 6.17. The van der Waals surface area contributed by atoms with Gasteiger partial charge in [-0.15, -0.1) is 0 Å². The summed E-state index contributed by atoms with van der Waals surface area (Å²) in [6.07, 6.45) is 1.71. The molecule has 1 aromatic carbocycles. The lowest BCUT2D eigenvalue weighted by molar-refractivity contribution is -0.141. The highest BCUT2D eigenvalue weighted by atomic mass is 32.2. The second-order valence-corrected chi connectivity index (χ2v) is 7.58. The van der Waals surface area contributed by atoms with E-state index in [1.54, 1.807) is 12.1 Å². The van der Waals surface area contributed by atoms with E-state index in [-0.39, 0.29) is 10.3 Å². The first-order valence-electron chi connectivity index (χ1n) is 5.65. The number of rotatable bonds is 3. The molecule has 0 aliphatic heterocycles. The zero-order valence-electron chi connectivity index (χ0n) is 10.6. The van der Waals surface area contributed by atoms with E-state index in [1.807, 2.05) is 13.8 Å². The molecule has 1 unspecified atom stereocenters. The molecule has 0 bridgehead atoms. The number of carboxylic acid groups (broad SMARTS) is 1. The van der Waals surface area contributed by atoms with Gasteiger partial charge in [0.15, 0.2) is 9.84 Å². The number of carboxylic acids is 1. The Morgan fingerprint density at radius 1 is 1.22 bits per heavy atom. The Morgan fingerprint density at radius 2 is 1.67 bits per heavy atom. The van der Waals surface area contributed by atoms with Crippen LogP contribution in [-0.4, -0.2) is 25.7 Å². The van der Waals surface area contributed by atoms with E-state index in [4.69, 9.17) is 0 Å². The van der Waals surface area contributed by atoms with Crippen LogP contribution in [0.5, 0.6) is 0 Å². The Morgan fingerprint density at radius 3 is 1.94 bits per heavy atom. The Hall–Kier alpha value is -1.36. The molecular formula is C13H16O4S. The fraction of sp³-hybridized carbons (Fsp3) is 0.462. The van der Waals surface area contributed by atoms with Crippen LogP contribution in [0.1, 0.15) is 25.8 Å². The molecule has 0 amide bonds. The van der Waals surface area contributed by atoms with Gasteiger partial charge in [-0.25, -0.2) is 8.42 Å². The molecule has 1 atom stereocenters. The lowest BCUT2D eigenvalue weighted by Gasteiger charge is -2.16. The number of benzene rings is 1. The minimum atomic E-state index is -3.24. The number of carbonyl (C=O) groups is 1. The van der Waals surface area contributed by atoms with Crippen molar-refractivity contribution in [3.8, 4) is 0 Å². The molecule has 0 saturated heterocycles. The predicted octanol–water partition coefficient (Wildman–Crippen LogP) is 1.84. The van der Waals surface area contributed by atoms with Gasteiger partial charge in [0.05, 0.1) is 10.3 Å². The van der Waals surface area contributed by atoms with Crippen LogP contribution in [0.3, 0.4) is 0 Å². The molecule has 1 N–H and O–H groups in total. The maximum absolute atomic E-state index is 11.5. The molecule has 1 aliphatic rings. The fourth-order valence-corrected chi connectivity index (χ4v) is 3.22. The summed E-state index contributed by atoms with van der Waals surface area (Å²) in [7, 11) is -3.24. The van der Waals surface area contributed by atoms with E-state index in [1.165, 1.54) is 12.1 Å². The summed E-state index contributed by atoms with van der Waals surface area (Å²) in [4.78, 5) is 11.7. The molecule has 1 aliphatic carbocycles. The van der Waals surface area contributed by atoms with Gasteiger partial charge in [0.25, 0.3) is 0 Å². The highest BCUT2D eigenvalue weighted by molar-refractivity contribution is 7.90. The van der Waals surface area contributed by atoms with Crippen LogP contribution in [0.25, 0.3) is 0 Å². The summed E-state index contributed by atoms with van der Waals surface area (Å²) in [6.45, 7) is 3.82. The van der Waals surface area contributed by atoms with Crippen LogP contribution in [0.2, 0.25) is 0 Å². The molecule has 4 nitrogen and oxygen atoms in total. The van der Waals surface area contributed by atoms with Crippen LogP contribution in [-0.2, 0) is 20.0 Å². The molecule has 0 aromatic heterocycles. The van der Waals surface area contributed by atoms with Crippen molar-refractivity contribution < 1.29 is 18.3 Å². The predicted molar refractivity (Wildman–Crippen MR) is 67.3 cm³/mol. The van der Waals surface area contributed by atoms with Gasteiger partial charge in [0, 0.05) is 6.26 Å². The second kappa shape index (κ2) is 3.57. The van der Waals surface area contributed by atoms with Crippen LogP contribution in [0.4, 0.5) is 0 Å². The van der Waals surface area contributed by atoms with Gasteiger partial charge < -0.3 is 5.11 Å². The zero-order valence-corrected chi connectivity index (χ0v) is 11.4. The van der Waals surface area contributed by atoms with Crippen molar-refractivity contribution in [1.82, 2.24) is 0 Å². The maximum atomic E-state index is 11.5. The van der Waals surface area contributed by atoms with E-state index in [0.717, 1.165) is 6.26 Å². The molecule has 0 spiro atoms. The lowest BCUT2D eigenvalue weighted by Crippen LogP contribution is -2.25. The second-order valence-electron chi connectivity index (χ2n) is 5.57. The molecule has 0 heterocycles. The normalized spacial score (nSPS) is 25.7. The van der Waals surface area contributed by atoms with Crippen molar-refractivity contribution in [2.45, 2.75) is 30.6 Å². The highest BCUT2D eigenvalue weighted by Gasteiger charge is 2.67. The number of hydrogen-bond acceptors (Lipinski definition) is 3. The van der Waals surface area contributed by atoms with Crippen molar-refractivity contribution in [3.05, 3.63) is 29.8 Å². The van der Waals surface area contributed by atoms with Crippen molar-refractivity contribution in [2.75, 3.05) is 6.26 Å². The number of sulfone groups is 1. The third-order valence-corrected chi connectivity index (χ3v) is 5.01. The summed E-state index contributed by atoms with van der Waals surface area (Å²) in [5.74, 6) is -0.848. The standard InChI is InChI=1S/C13H16O4S/c1-12(2)8-13(12,11(14)15)9-4-6-10(7-5-9)18(3,16)17/h4-7H,8H2,1-3H3,(H,14,15). The van der Waals surface area contributed by atoms with Gasteiger partial charge in [-0.2, -0.15) is 0 Å². The first-order valence-corrected chi connectivity index (χ1v) is 7.54. The lowest BCUT2D eigenvalue weighted by atomic mass is 9.88. The molecule has 1 saturated carbocycles. The first kappa shape index (κ1) is 13.1. The summed E-state index contributed by atoms with van der Waals surface area (Å²) < 4.78 is 22.7. The molecule has 1 fully saturated rings. The number of aliphatic carboxylic acids is 1. The third-order valence-electron chi connectivity index (χ3n) is 3.88. The van der Waals surface area contributed by atoms with Crippen molar-refractivity contribution in [2.24, 2.45) is 5.41 Å². The summed E-state index contributed by atoms with van der Waals surface area (Å²) in [5.41, 5.74) is -0.485. The Labute approximate surface area is 107 Å². The van der Waals surface area contributed by atoms with Gasteiger partial charge in [0.1, 0.15) is 0 Å². The molecule has 98 valence electrons. The van der Waals surface area contributed by atoms with Gasteiger partial charge in [0.2, 0.25) is 0 Å². The zero-order chi connectivity index (χ0) is 13.8. The van der Waals surface area contributed by atoms with Gasteiger partial charge in [-0.1, -0.05) is 26.0 Å². The molecule has 0 radical (unpaired) electrons. The number of hydrogen-bond donors (Lipinski definition) is 1. The highest BCUT2D eigenvalue weighted by Crippen LogP contribution is 2.64. The van der Waals surface area contributed by atoms with Crippen LogP contribution < -0.4 is 0 Å². The average Bonchev–Trinajstić information content (AvgIpc) is 2.82. The van der Waals surface area contributed by atoms with Crippen molar-refractivity contribution in [3.63, 3.8) is 0 Å².